The van der Waals surface area contributed by atoms with Gasteiger partial charge >= 0.3 is 12.1 Å². The number of halogens is 3. The van der Waals surface area contributed by atoms with Gasteiger partial charge in [0.15, 0.2) is 5.84 Å². The molecule has 1 atom stereocenters. The highest BCUT2D eigenvalue weighted by atomic mass is 32.2. The number of rotatable bonds is 3. The number of benzene rings is 1. The zero-order chi connectivity index (χ0) is 15.5. The molecule has 2 N–H and O–H groups in total. The molecular weight excluding hydrogens is 305 g/mol. The summed E-state index contributed by atoms with van der Waals surface area (Å²) in [6, 6.07) is 4.15. The molecule has 1 heterocycles. The van der Waals surface area contributed by atoms with Crippen molar-refractivity contribution in [2.75, 3.05) is 5.75 Å². The van der Waals surface area contributed by atoms with Crippen molar-refractivity contribution in [3.63, 3.8) is 0 Å². The van der Waals surface area contributed by atoms with E-state index in [4.69, 9.17) is 10.6 Å². The summed E-state index contributed by atoms with van der Waals surface area (Å²) in [6.07, 6.45) is -2.72. The van der Waals surface area contributed by atoms with Crippen LogP contribution in [0.2, 0.25) is 0 Å². The largest absolute Gasteiger partial charge is 0.416 e. The summed E-state index contributed by atoms with van der Waals surface area (Å²) < 4.78 is 37.2. The van der Waals surface area contributed by atoms with Gasteiger partial charge in [-0.05, 0) is 30.7 Å². The molecule has 1 saturated heterocycles. The Morgan fingerprint density at radius 3 is 2.52 bits per heavy atom. The number of hydrogen-bond acceptors (Lipinski definition) is 4. The van der Waals surface area contributed by atoms with E-state index in [1.807, 2.05) is 0 Å². The molecule has 4 nitrogen and oxygen atoms in total. The fourth-order valence-electron chi connectivity index (χ4n) is 1.80. The minimum Gasteiger partial charge on any atom is -0.380 e. The molecule has 21 heavy (non-hydrogen) atoms. The van der Waals surface area contributed by atoms with Crippen molar-refractivity contribution >= 4 is 23.6 Å². The molecule has 0 bridgehead atoms. The SMILES string of the molecule is N/C(=N\OC(=O)C1CCCS1)c1ccc(C(F)(F)F)cc1. The van der Waals surface area contributed by atoms with Crippen molar-refractivity contribution in [2.24, 2.45) is 10.9 Å². The number of amidine groups is 1. The lowest BCUT2D eigenvalue weighted by Crippen LogP contribution is -2.19. The molecule has 0 radical (unpaired) electrons. The summed E-state index contributed by atoms with van der Waals surface area (Å²) in [6.45, 7) is 0. The van der Waals surface area contributed by atoms with Crippen LogP contribution in [-0.2, 0) is 15.8 Å². The third-order valence-corrected chi connectivity index (χ3v) is 4.29. The second kappa shape index (κ2) is 6.38. The van der Waals surface area contributed by atoms with E-state index in [0.29, 0.717) is 0 Å². The summed E-state index contributed by atoms with van der Waals surface area (Å²) in [5.41, 5.74) is 5.07. The number of nitrogens with two attached hydrogens (primary N) is 1. The maximum absolute atomic E-state index is 12.4. The smallest absolute Gasteiger partial charge is 0.380 e. The van der Waals surface area contributed by atoms with Gasteiger partial charge in [-0.2, -0.15) is 13.2 Å². The molecule has 2 rings (SSSR count). The third-order valence-electron chi connectivity index (χ3n) is 2.93. The van der Waals surface area contributed by atoms with Gasteiger partial charge in [0.1, 0.15) is 5.25 Å². The lowest BCUT2D eigenvalue weighted by atomic mass is 10.1. The van der Waals surface area contributed by atoms with Crippen molar-refractivity contribution in [3.8, 4) is 0 Å². The molecule has 1 fully saturated rings. The third kappa shape index (κ3) is 4.13. The Hall–Kier alpha value is -1.70. The molecule has 8 heteroatoms. The standard InChI is InChI=1S/C13H13F3N2O2S/c14-13(15,16)9-5-3-8(4-6-9)11(17)18-20-12(19)10-2-1-7-21-10/h3-6,10H,1-2,7H2,(H2,17,18). The number of oxime groups is 1. The van der Waals surface area contributed by atoms with Crippen LogP contribution in [-0.4, -0.2) is 22.8 Å². The van der Waals surface area contributed by atoms with Crippen molar-refractivity contribution < 1.29 is 22.8 Å². The van der Waals surface area contributed by atoms with Gasteiger partial charge < -0.3 is 10.6 Å². The summed E-state index contributed by atoms with van der Waals surface area (Å²) in [5, 5.41) is 3.24. The first-order valence-corrected chi connectivity index (χ1v) is 7.26. The van der Waals surface area contributed by atoms with E-state index >= 15 is 0 Å². The van der Waals surface area contributed by atoms with Gasteiger partial charge in [-0.3, -0.25) is 0 Å². The normalized spacial score (nSPS) is 19.6. The quantitative estimate of drug-likeness (QED) is 0.403. The fourth-order valence-corrected chi connectivity index (χ4v) is 2.93. The van der Waals surface area contributed by atoms with Crippen molar-refractivity contribution in [3.05, 3.63) is 35.4 Å². The lowest BCUT2D eigenvalue weighted by molar-refractivity contribution is -0.143. The highest BCUT2D eigenvalue weighted by Gasteiger charge is 2.30. The van der Waals surface area contributed by atoms with E-state index in [2.05, 4.69) is 5.16 Å². The first-order chi connectivity index (χ1) is 9.88. The van der Waals surface area contributed by atoms with Crippen LogP contribution in [0.1, 0.15) is 24.0 Å². The predicted octanol–water partition coefficient (Wildman–Crippen LogP) is 2.76. The van der Waals surface area contributed by atoms with Crippen LogP contribution in [0.25, 0.3) is 0 Å². The number of nitrogens with zero attached hydrogens (tertiary/aromatic N) is 1. The van der Waals surface area contributed by atoms with Crippen molar-refractivity contribution in [2.45, 2.75) is 24.3 Å². The van der Waals surface area contributed by atoms with Gasteiger partial charge in [-0.1, -0.05) is 17.3 Å². The second-order valence-corrected chi connectivity index (χ2v) is 5.77. The topological polar surface area (TPSA) is 64.7 Å². The van der Waals surface area contributed by atoms with E-state index in [1.54, 1.807) is 0 Å². The first-order valence-electron chi connectivity index (χ1n) is 6.21. The number of alkyl halides is 3. The minimum atomic E-state index is -4.41. The molecule has 1 aromatic carbocycles. The van der Waals surface area contributed by atoms with Gasteiger partial charge in [-0.25, -0.2) is 4.79 Å². The molecule has 1 unspecified atom stereocenters. The van der Waals surface area contributed by atoms with Gasteiger partial charge in [0.05, 0.1) is 5.56 Å². The molecule has 0 saturated carbocycles. The van der Waals surface area contributed by atoms with E-state index in [0.717, 1.165) is 30.7 Å². The summed E-state index contributed by atoms with van der Waals surface area (Å²) in [7, 11) is 0. The van der Waals surface area contributed by atoms with Gasteiger partial charge in [0, 0.05) is 5.56 Å². The Bertz CT molecular complexity index is 537. The average molecular weight is 318 g/mol. The van der Waals surface area contributed by atoms with Gasteiger partial charge in [0.2, 0.25) is 0 Å². The molecule has 0 amide bonds. The Morgan fingerprint density at radius 2 is 2.00 bits per heavy atom. The van der Waals surface area contributed by atoms with E-state index in [9.17, 15) is 18.0 Å². The molecule has 114 valence electrons. The second-order valence-electron chi connectivity index (χ2n) is 4.46. The number of thioether (sulfide) groups is 1. The predicted molar refractivity (Wildman–Crippen MR) is 73.7 cm³/mol. The highest BCUT2D eigenvalue weighted by Crippen LogP contribution is 2.29. The van der Waals surface area contributed by atoms with Crippen molar-refractivity contribution in [1.29, 1.82) is 0 Å². The van der Waals surface area contributed by atoms with Crippen LogP contribution in [0, 0.1) is 0 Å². The Kier molecular flexibility index (Phi) is 4.76. The van der Waals surface area contributed by atoms with Crippen LogP contribution in [0.5, 0.6) is 0 Å². The molecule has 1 aliphatic heterocycles. The Morgan fingerprint density at radius 1 is 1.33 bits per heavy atom. The summed E-state index contributed by atoms with van der Waals surface area (Å²) in [5.74, 6) is 0.283. The highest BCUT2D eigenvalue weighted by molar-refractivity contribution is 8.00. The number of carbonyl (C=O) groups excluding carboxylic acids is 1. The van der Waals surface area contributed by atoms with E-state index in [-0.39, 0.29) is 16.6 Å². The van der Waals surface area contributed by atoms with Crippen LogP contribution in [0.4, 0.5) is 13.2 Å². The van der Waals surface area contributed by atoms with Crippen LogP contribution in [0.3, 0.4) is 0 Å². The first kappa shape index (κ1) is 15.7. The zero-order valence-electron chi connectivity index (χ0n) is 10.9. The van der Waals surface area contributed by atoms with E-state index in [1.165, 1.54) is 23.9 Å². The zero-order valence-corrected chi connectivity index (χ0v) is 11.7. The van der Waals surface area contributed by atoms with Gasteiger partial charge in [-0.15, -0.1) is 11.8 Å². The Balaban J connectivity index is 2.00. The van der Waals surface area contributed by atoms with E-state index < -0.39 is 17.7 Å². The number of hydrogen-bond donors (Lipinski definition) is 1. The molecular formula is C13H13F3N2O2S. The molecule has 0 aliphatic carbocycles. The van der Waals surface area contributed by atoms with Crippen LogP contribution >= 0.6 is 11.8 Å². The molecule has 0 spiro atoms. The molecule has 1 aromatic rings. The number of carbonyl (C=O) groups is 1. The minimum absolute atomic E-state index is 0.139. The van der Waals surface area contributed by atoms with Crippen LogP contribution < -0.4 is 5.73 Å². The van der Waals surface area contributed by atoms with Crippen molar-refractivity contribution in [1.82, 2.24) is 0 Å². The molecule has 0 aromatic heterocycles. The Labute approximate surface area is 123 Å². The monoisotopic (exact) mass is 318 g/mol. The van der Waals surface area contributed by atoms with Crippen LogP contribution in [0.15, 0.2) is 29.4 Å². The fraction of sp³-hybridized carbons (Fsp3) is 0.385. The summed E-state index contributed by atoms with van der Waals surface area (Å²) >= 11 is 1.49. The lowest BCUT2D eigenvalue weighted by Gasteiger charge is -2.07. The maximum Gasteiger partial charge on any atom is 0.416 e. The summed E-state index contributed by atoms with van der Waals surface area (Å²) in [4.78, 5) is 16.3. The molecule has 1 aliphatic rings. The maximum atomic E-state index is 12.4. The van der Waals surface area contributed by atoms with Gasteiger partial charge in [0.25, 0.3) is 0 Å². The average Bonchev–Trinajstić information content (AvgIpc) is 2.98.